The van der Waals surface area contributed by atoms with Gasteiger partial charge in [-0.05, 0) is 43.7 Å². The molecule has 0 atom stereocenters. The lowest BCUT2D eigenvalue weighted by Gasteiger charge is -2.35. The van der Waals surface area contributed by atoms with Gasteiger partial charge in [-0.15, -0.1) is 5.10 Å². The number of alkyl halides is 2. The van der Waals surface area contributed by atoms with E-state index < -0.39 is 5.92 Å². The number of amidine groups is 1. The third-order valence-electron chi connectivity index (χ3n) is 5.76. The number of pyridine rings is 1. The van der Waals surface area contributed by atoms with Crippen molar-refractivity contribution < 1.29 is 13.5 Å². The summed E-state index contributed by atoms with van der Waals surface area (Å²) in [5.41, 5.74) is 14.8. The highest BCUT2D eigenvalue weighted by Gasteiger charge is 2.36. The predicted molar refractivity (Wildman–Crippen MR) is 124 cm³/mol. The fourth-order valence-corrected chi connectivity index (χ4v) is 3.78. The Morgan fingerprint density at radius 1 is 1.30 bits per heavy atom. The lowest BCUT2D eigenvalue weighted by atomic mass is 10.1. The second-order valence-electron chi connectivity index (χ2n) is 8.66. The second kappa shape index (κ2) is 10.4. The van der Waals surface area contributed by atoms with Crippen LogP contribution in [0.3, 0.4) is 0 Å². The topological polar surface area (TPSA) is 148 Å². The van der Waals surface area contributed by atoms with Gasteiger partial charge >= 0.3 is 6.02 Å². The zero-order chi connectivity index (χ0) is 24.2. The maximum atomic E-state index is 13.9. The maximum absolute atomic E-state index is 13.9. The zero-order valence-corrected chi connectivity index (χ0v) is 19.3. The van der Waals surface area contributed by atoms with Gasteiger partial charge in [0.25, 0.3) is 5.92 Å². The van der Waals surface area contributed by atoms with Crippen LogP contribution >= 0.6 is 0 Å². The standard InChI is InChI=1S/C21H35F2N9O/c1-3-15-17(31-10-4-9-21(22,23)13-31)8-7-16(28-15)19(24)18(30(2)26)12-33-20(25)29-32(27)11-14-5-6-14/h7-8,14H,3-6,9-13,24,26-27H2,1-2H3,(H2,25,29)/b19-18-. The summed E-state index contributed by atoms with van der Waals surface area (Å²) < 4.78 is 33.3. The molecule has 33 heavy (non-hydrogen) atoms. The summed E-state index contributed by atoms with van der Waals surface area (Å²) in [5, 5.41) is 6.59. The number of hydrazine groups is 2. The number of nitrogens with two attached hydrogens (primary N) is 4. The molecule has 8 N–H and O–H groups in total. The summed E-state index contributed by atoms with van der Waals surface area (Å²) in [6, 6.07) is 3.38. The first-order valence-corrected chi connectivity index (χ1v) is 11.2. The van der Waals surface area contributed by atoms with Crippen molar-refractivity contribution in [3.05, 3.63) is 29.2 Å². The SMILES string of the molecule is CCc1nc(/C(N)=C(\CO/C(N)=N/N(N)CC2CC2)N(C)N)ccc1N1CCCC(F)(F)C1. The Hall–Kier alpha value is -2.86. The highest BCUT2D eigenvalue weighted by atomic mass is 19.3. The normalized spacial score (nSPS) is 19.2. The molecule has 0 amide bonds. The molecule has 0 radical (unpaired) electrons. The number of aromatic nitrogens is 1. The molecule has 1 saturated heterocycles. The van der Waals surface area contributed by atoms with Crippen molar-refractivity contribution in [3.63, 3.8) is 0 Å². The second-order valence-corrected chi connectivity index (χ2v) is 8.66. The molecule has 1 aromatic heterocycles. The van der Waals surface area contributed by atoms with Crippen LogP contribution in [0.1, 0.15) is 44.0 Å². The van der Waals surface area contributed by atoms with Crippen LogP contribution in [0.5, 0.6) is 0 Å². The number of hydrazone groups is 1. The number of nitrogens with zero attached hydrogens (tertiary/aromatic N) is 5. The average molecular weight is 468 g/mol. The lowest BCUT2D eigenvalue weighted by molar-refractivity contribution is -0.0117. The molecule has 2 fully saturated rings. The highest BCUT2D eigenvalue weighted by molar-refractivity contribution is 5.72. The summed E-state index contributed by atoms with van der Waals surface area (Å²) in [7, 11) is 1.62. The Balaban J connectivity index is 1.76. The van der Waals surface area contributed by atoms with Crippen molar-refractivity contribution in [2.75, 3.05) is 38.2 Å². The number of rotatable bonds is 9. The summed E-state index contributed by atoms with van der Waals surface area (Å²) in [6.07, 6.45) is 3.18. The predicted octanol–water partition coefficient (Wildman–Crippen LogP) is 1.14. The molecule has 1 aliphatic heterocycles. The third-order valence-corrected chi connectivity index (χ3v) is 5.76. The number of hydrogen-bond donors (Lipinski definition) is 4. The first-order chi connectivity index (χ1) is 15.6. The van der Waals surface area contributed by atoms with Gasteiger partial charge in [-0.2, -0.15) is 0 Å². The van der Waals surface area contributed by atoms with Crippen molar-refractivity contribution in [1.82, 2.24) is 15.1 Å². The van der Waals surface area contributed by atoms with E-state index >= 15 is 0 Å². The molecule has 1 aliphatic carbocycles. The van der Waals surface area contributed by atoms with Gasteiger partial charge in [0.15, 0.2) is 0 Å². The summed E-state index contributed by atoms with van der Waals surface area (Å²) in [4.78, 5) is 6.33. The Bertz CT molecular complexity index is 886. The number of likely N-dealkylation sites (N-methyl/N-ethyl adjacent to an activating group) is 1. The first kappa shape index (κ1) is 24.8. The van der Waals surface area contributed by atoms with Crippen molar-refractivity contribution in [2.45, 2.75) is 45.0 Å². The van der Waals surface area contributed by atoms with E-state index in [2.05, 4.69) is 10.1 Å². The van der Waals surface area contributed by atoms with Gasteiger partial charge < -0.3 is 26.1 Å². The minimum atomic E-state index is -2.70. The Labute approximate surface area is 193 Å². The summed E-state index contributed by atoms with van der Waals surface area (Å²) >= 11 is 0. The maximum Gasteiger partial charge on any atom is 0.305 e. The molecule has 0 spiro atoms. The van der Waals surface area contributed by atoms with Crippen LogP contribution in [-0.2, 0) is 11.2 Å². The highest BCUT2D eigenvalue weighted by Crippen LogP contribution is 2.32. The van der Waals surface area contributed by atoms with Crippen LogP contribution in [0, 0.1) is 5.92 Å². The molecule has 3 rings (SSSR count). The van der Waals surface area contributed by atoms with Crippen molar-refractivity contribution in [3.8, 4) is 0 Å². The minimum Gasteiger partial charge on any atom is -0.458 e. The fourth-order valence-electron chi connectivity index (χ4n) is 3.78. The molecule has 0 unspecified atom stereocenters. The molecule has 2 aliphatic rings. The summed E-state index contributed by atoms with van der Waals surface area (Å²) in [6.45, 7) is 2.75. The van der Waals surface area contributed by atoms with Crippen LogP contribution in [0.4, 0.5) is 14.5 Å². The number of hydrogen-bond acceptors (Lipinski definition) is 9. The molecule has 184 valence electrons. The van der Waals surface area contributed by atoms with E-state index in [0.717, 1.165) is 12.8 Å². The third kappa shape index (κ3) is 6.81. The largest absolute Gasteiger partial charge is 0.458 e. The van der Waals surface area contributed by atoms with Gasteiger partial charge in [-0.3, -0.25) is 0 Å². The van der Waals surface area contributed by atoms with Gasteiger partial charge in [-0.25, -0.2) is 30.6 Å². The molecule has 12 heteroatoms. The molecular formula is C21H35F2N9O. The molecule has 0 aromatic carbocycles. The van der Waals surface area contributed by atoms with E-state index in [9.17, 15) is 8.78 Å². The molecule has 0 bridgehead atoms. The van der Waals surface area contributed by atoms with Crippen LogP contribution in [0.25, 0.3) is 5.70 Å². The first-order valence-electron chi connectivity index (χ1n) is 11.2. The smallest absolute Gasteiger partial charge is 0.305 e. The summed E-state index contributed by atoms with van der Waals surface area (Å²) in [5.74, 6) is 9.62. The number of ether oxygens (including phenoxy) is 1. The van der Waals surface area contributed by atoms with Crippen LogP contribution in [0.15, 0.2) is 22.9 Å². The molecule has 1 saturated carbocycles. The van der Waals surface area contributed by atoms with Gasteiger partial charge in [-0.1, -0.05) is 6.92 Å². The van der Waals surface area contributed by atoms with Crippen molar-refractivity contribution in [2.24, 2.45) is 34.2 Å². The van der Waals surface area contributed by atoms with Crippen molar-refractivity contribution in [1.29, 1.82) is 0 Å². The number of anilines is 1. The van der Waals surface area contributed by atoms with Crippen LogP contribution in [0.2, 0.25) is 0 Å². The minimum absolute atomic E-state index is 0.0470. The average Bonchev–Trinajstić information content (AvgIpc) is 3.56. The van der Waals surface area contributed by atoms with E-state index in [-0.39, 0.29) is 25.6 Å². The molecule has 2 heterocycles. The molecule has 1 aromatic rings. The Kier molecular flexibility index (Phi) is 7.80. The van der Waals surface area contributed by atoms with E-state index in [1.165, 1.54) is 10.1 Å². The Morgan fingerprint density at radius 3 is 2.64 bits per heavy atom. The lowest BCUT2D eigenvalue weighted by Crippen LogP contribution is -2.43. The van der Waals surface area contributed by atoms with Gasteiger partial charge in [0.1, 0.15) is 6.61 Å². The van der Waals surface area contributed by atoms with E-state index in [4.69, 9.17) is 27.9 Å². The van der Waals surface area contributed by atoms with E-state index in [1.54, 1.807) is 24.1 Å². The fraction of sp³-hybridized carbons (Fsp3) is 0.619. The van der Waals surface area contributed by atoms with Gasteiger partial charge in [0, 0.05) is 20.0 Å². The van der Waals surface area contributed by atoms with Gasteiger partial charge in [0.05, 0.1) is 41.6 Å². The van der Waals surface area contributed by atoms with Crippen molar-refractivity contribution >= 4 is 17.4 Å². The number of piperidine rings is 1. The zero-order valence-electron chi connectivity index (χ0n) is 19.3. The van der Waals surface area contributed by atoms with E-state index in [0.29, 0.717) is 60.3 Å². The monoisotopic (exact) mass is 467 g/mol. The number of aryl methyl sites for hydroxylation is 1. The Morgan fingerprint density at radius 2 is 2.03 bits per heavy atom. The quantitative estimate of drug-likeness (QED) is 0.182. The molecular weight excluding hydrogens is 432 g/mol. The van der Waals surface area contributed by atoms with E-state index in [1.807, 2.05) is 6.92 Å². The van der Waals surface area contributed by atoms with Gasteiger partial charge in [0.2, 0.25) is 0 Å². The van der Waals surface area contributed by atoms with Crippen LogP contribution in [-0.4, -0.2) is 60.3 Å². The molecule has 10 nitrogen and oxygen atoms in total. The number of halogens is 2. The van der Waals surface area contributed by atoms with Crippen LogP contribution < -0.4 is 28.1 Å².